The van der Waals surface area contributed by atoms with Crippen LogP contribution in [0.25, 0.3) is 16.6 Å². The first-order valence-electron chi connectivity index (χ1n) is 17.6. The van der Waals surface area contributed by atoms with Gasteiger partial charge in [-0.3, -0.25) is 9.59 Å². The van der Waals surface area contributed by atoms with E-state index in [4.69, 9.17) is 15.2 Å². The molecule has 13 heteroatoms. The first-order chi connectivity index (χ1) is 25.0. The minimum atomic E-state index is -1.09. The number of amides is 3. The molecule has 3 aliphatic rings. The Morgan fingerprint density at radius 2 is 1.75 bits per heavy atom. The van der Waals surface area contributed by atoms with Crippen molar-refractivity contribution < 1.29 is 28.2 Å². The van der Waals surface area contributed by atoms with Crippen molar-refractivity contribution >= 4 is 40.1 Å². The van der Waals surface area contributed by atoms with Crippen LogP contribution < -0.4 is 25.4 Å². The summed E-state index contributed by atoms with van der Waals surface area (Å²) < 4.78 is 28.0. The Labute approximate surface area is 299 Å². The number of halogens is 1. The number of urea groups is 1. The third-order valence-electron chi connectivity index (χ3n) is 10.4. The van der Waals surface area contributed by atoms with Gasteiger partial charge < -0.3 is 30.4 Å². The zero-order valence-corrected chi connectivity index (χ0v) is 29.2. The molecule has 3 amide bonds. The molecule has 2 saturated heterocycles. The van der Waals surface area contributed by atoms with Gasteiger partial charge in [-0.1, -0.05) is 18.6 Å². The number of aromatic amines is 1. The summed E-state index contributed by atoms with van der Waals surface area (Å²) in [7, 11) is 0. The Morgan fingerprint density at radius 3 is 2.42 bits per heavy atom. The minimum Gasteiger partial charge on any atom is -0.488 e. The molecule has 52 heavy (non-hydrogen) atoms. The number of para-hydroxylation sites is 1. The van der Waals surface area contributed by atoms with Gasteiger partial charge in [-0.25, -0.2) is 18.8 Å². The van der Waals surface area contributed by atoms with E-state index < -0.39 is 23.3 Å². The van der Waals surface area contributed by atoms with Crippen LogP contribution in [0, 0.1) is 12.7 Å². The minimum absolute atomic E-state index is 0.0873. The van der Waals surface area contributed by atoms with E-state index in [1.54, 1.807) is 68.4 Å². The number of carbonyl (C=O) groups excluding carboxylic acids is 3. The lowest BCUT2D eigenvalue weighted by Gasteiger charge is -2.41. The van der Waals surface area contributed by atoms with Gasteiger partial charge in [0.05, 0.1) is 28.8 Å². The average Bonchev–Trinajstić information content (AvgIpc) is 3.74. The predicted octanol–water partition coefficient (Wildman–Crippen LogP) is 6.64. The van der Waals surface area contributed by atoms with E-state index in [-0.39, 0.29) is 34.7 Å². The smallest absolute Gasteiger partial charge is 0.329 e. The number of hydrogen-bond acceptors (Lipinski definition) is 8. The number of aryl methyl sites for hydroxylation is 1. The van der Waals surface area contributed by atoms with Crippen molar-refractivity contribution in [3.05, 3.63) is 89.5 Å². The highest BCUT2D eigenvalue weighted by Crippen LogP contribution is 2.39. The van der Waals surface area contributed by atoms with Crippen LogP contribution in [0.15, 0.2) is 66.9 Å². The Bertz CT molecular complexity index is 2230. The lowest BCUT2D eigenvalue weighted by Crippen LogP contribution is -2.46. The number of ether oxygens (including phenoxy) is 2. The molecule has 1 saturated carbocycles. The van der Waals surface area contributed by atoms with Crippen LogP contribution in [-0.4, -0.2) is 68.2 Å². The van der Waals surface area contributed by atoms with Gasteiger partial charge in [0, 0.05) is 30.0 Å². The van der Waals surface area contributed by atoms with Crippen LogP contribution >= 0.6 is 0 Å². The van der Waals surface area contributed by atoms with Gasteiger partial charge in [0.2, 0.25) is 5.78 Å². The number of rotatable bonds is 9. The first kappa shape index (κ1) is 33.5. The molecule has 1 aliphatic carbocycles. The lowest BCUT2D eigenvalue weighted by atomic mass is 9.90. The molecule has 8 rings (SSSR count). The molecule has 2 aromatic heterocycles. The number of H-pyrrole nitrogens is 1. The molecule has 3 fully saturated rings. The van der Waals surface area contributed by atoms with E-state index in [1.165, 1.54) is 36.2 Å². The quantitative estimate of drug-likeness (QED) is 0.114. The molecule has 0 bridgehead atoms. The third-order valence-corrected chi connectivity index (χ3v) is 10.4. The second-order valence-electron chi connectivity index (χ2n) is 14.4. The van der Waals surface area contributed by atoms with Crippen LogP contribution in [0.1, 0.15) is 67.6 Å². The summed E-state index contributed by atoms with van der Waals surface area (Å²) in [4.78, 5) is 47.3. The SMILES string of the molecule is Cc1cc(-n2ncc(C(=O)c3cc4cc(OC5CCN(C6CCC6)CC5)c(N5C(=O)NC(C)(C)C5=O)cc4[nH]3)c2N)ccc1Oc1ccccc1F. The third kappa shape index (κ3) is 5.94. The second kappa shape index (κ2) is 12.8. The van der Waals surface area contributed by atoms with Gasteiger partial charge in [0.1, 0.15) is 29.0 Å². The number of benzene rings is 3. The van der Waals surface area contributed by atoms with Crippen LogP contribution in [0.4, 0.5) is 20.7 Å². The molecule has 0 unspecified atom stereocenters. The van der Waals surface area contributed by atoms with Gasteiger partial charge in [-0.05, 0) is 101 Å². The molecule has 0 spiro atoms. The summed E-state index contributed by atoms with van der Waals surface area (Å²) in [6.45, 7) is 7.01. The Balaban J connectivity index is 1.07. The van der Waals surface area contributed by atoms with Crippen molar-refractivity contribution in [2.45, 2.75) is 70.6 Å². The molecular formula is C39H40FN7O5. The highest BCUT2D eigenvalue weighted by Gasteiger charge is 2.46. The van der Waals surface area contributed by atoms with Crippen LogP contribution in [-0.2, 0) is 4.79 Å². The maximum Gasteiger partial charge on any atom is 0.329 e. The van der Waals surface area contributed by atoms with Crippen molar-refractivity contribution in [2.24, 2.45) is 0 Å². The van der Waals surface area contributed by atoms with Crippen molar-refractivity contribution in [1.82, 2.24) is 25.0 Å². The topological polar surface area (TPSA) is 148 Å². The summed E-state index contributed by atoms with van der Waals surface area (Å²) in [6.07, 6.45) is 6.77. The van der Waals surface area contributed by atoms with Crippen LogP contribution in [0.2, 0.25) is 0 Å². The number of nitrogens with one attached hydrogen (secondary N) is 2. The van der Waals surface area contributed by atoms with Gasteiger partial charge in [-0.2, -0.15) is 5.10 Å². The summed E-state index contributed by atoms with van der Waals surface area (Å²) in [6, 6.07) is 16.7. The predicted molar refractivity (Wildman–Crippen MR) is 194 cm³/mol. The van der Waals surface area contributed by atoms with Crippen molar-refractivity contribution in [2.75, 3.05) is 23.7 Å². The molecule has 4 heterocycles. The molecule has 2 aliphatic heterocycles. The van der Waals surface area contributed by atoms with Gasteiger partial charge in [0.25, 0.3) is 5.91 Å². The molecule has 4 N–H and O–H groups in total. The maximum absolute atomic E-state index is 14.2. The highest BCUT2D eigenvalue weighted by molar-refractivity contribution is 6.24. The van der Waals surface area contributed by atoms with E-state index in [2.05, 4.69) is 20.3 Å². The number of ketones is 1. The second-order valence-corrected chi connectivity index (χ2v) is 14.4. The average molecular weight is 706 g/mol. The summed E-state index contributed by atoms with van der Waals surface area (Å²) in [5, 5.41) is 7.83. The van der Waals surface area contributed by atoms with Gasteiger partial charge in [0.15, 0.2) is 11.6 Å². The van der Waals surface area contributed by atoms with E-state index in [1.807, 2.05) is 6.92 Å². The Kier molecular flexibility index (Phi) is 8.25. The molecule has 0 atom stereocenters. The standard InChI is InChI=1S/C39H40FN7O5/c1-22-17-25(11-12-32(22)52-33-10-5-4-9-28(33)40)47-36(41)27(21-42-47)35(48)30-18-23-19-34(51-26-13-15-45(16-14-26)24-7-6-8-24)31(20-29(23)43-30)46-37(49)39(2,3)44-38(46)50/h4-5,9-12,17-21,24,26,43H,6-8,13-16,41H2,1-3H3,(H,44,50). The molecule has 12 nitrogen and oxygen atoms in total. The fourth-order valence-corrected chi connectivity index (χ4v) is 7.21. The first-order valence-corrected chi connectivity index (χ1v) is 17.6. The number of imide groups is 1. The molecule has 268 valence electrons. The van der Waals surface area contributed by atoms with Crippen molar-refractivity contribution in [3.63, 3.8) is 0 Å². The Morgan fingerprint density at radius 1 is 0.981 bits per heavy atom. The fourth-order valence-electron chi connectivity index (χ4n) is 7.21. The number of nitrogen functional groups attached to an aromatic ring is 1. The fraction of sp³-hybridized carbons (Fsp3) is 0.333. The lowest BCUT2D eigenvalue weighted by molar-refractivity contribution is -0.121. The summed E-state index contributed by atoms with van der Waals surface area (Å²) in [5.41, 5.74) is 8.01. The van der Waals surface area contributed by atoms with Crippen molar-refractivity contribution in [3.8, 4) is 22.9 Å². The van der Waals surface area contributed by atoms with E-state index in [0.717, 1.165) is 30.8 Å². The number of anilines is 2. The number of hydrogen-bond donors (Lipinski definition) is 3. The van der Waals surface area contributed by atoms with Crippen LogP contribution in [0.3, 0.4) is 0 Å². The van der Waals surface area contributed by atoms with E-state index >= 15 is 0 Å². The number of nitrogens with two attached hydrogens (primary N) is 1. The van der Waals surface area contributed by atoms with Crippen molar-refractivity contribution in [1.29, 1.82) is 0 Å². The zero-order valence-electron chi connectivity index (χ0n) is 29.2. The molecule has 5 aromatic rings. The van der Waals surface area contributed by atoms with E-state index in [0.29, 0.717) is 45.4 Å². The molecule has 0 radical (unpaired) electrons. The number of carbonyl (C=O) groups is 3. The number of nitrogens with zero attached hydrogens (tertiary/aromatic N) is 4. The van der Waals surface area contributed by atoms with Gasteiger partial charge in [-0.15, -0.1) is 0 Å². The highest BCUT2D eigenvalue weighted by atomic mass is 19.1. The number of aromatic nitrogens is 3. The Hall–Kier alpha value is -5.69. The molecule has 3 aromatic carbocycles. The zero-order chi connectivity index (χ0) is 36.3. The maximum atomic E-state index is 14.2. The van der Waals surface area contributed by atoms with Crippen LogP contribution in [0.5, 0.6) is 17.2 Å². The summed E-state index contributed by atoms with van der Waals surface area (Å²) >= 11 is 0. The number of fused-ring (bicyclic) bond motifs is 1. The molecular weight excluding hydrogens is 665 g/mol. The van der Waals surface area contributed by atoms with E-state index in [9.17, 15) is 18.8 Å². The monoisotopic (exact) mass is 705 g/mol. The number of piperidine rings is 1. The number of likely N-dealkylation sites (tertiary alicyclic amines) is 1. The summed E-state index contributed by atoms with van der Waals surface area (Å²) in [5.74, 6) is -0.151. The largest absolute Gasteiger partial charge is 0.488 e. The van der Waals surface area contributed by atoms with Gasteiger partial charge >= 0.3 is 6.03 Å². The normalized spacial score (nSPS) is 18.1.